The Hall–Kier alpha value is -1.92. The molecule has 0 radical (unpaired) electrons. The van der Waals surface area contributed by atoms with E-state index >= 15 is 0 Å². The molecule has 0 spiro atoms. The Morgan fingerprint density at radius 2 is 2.00 bits per heavy atom. The van der Waals surface area contributed by atoms with E-state index in [9.17, 15) is 9.59 Å². The van der Waals surface area contributed by atoms with Crippen LogP contribution in [0.3, 0.4) is 0 Å². The number of carbonyl (C=O) groups is 2. The van der Waals surface area contributed by atoms with Crippen LogP contribution in [0.1, 0.15) is 28.3 Å². The number of carbonyl (C=O) groups excluding carboxylic acids is 2. The molecule has 0 unspecified atom stereocenters. The van der Waals surface area contributed by atoms with Crippen LogP contribution in [0.25, 0.3) is 0 Å². The summed E-state index contributed by atoms with van der Waals surface area (Å²) >= 11 is 7.71. The Balaban J connectivity index is 2.08. The number of rotatable bonds is 8. The molecular formula is C19H23ClN2O3S. The van der Waals surface area contributed by atoms with Gasteiger partial charge in [0.05, 0.1) is 17.1 Å². The Bertz CT molecular complexity index is 763. The number of aryl methyl sites for hydroxylation is 1. The third-order valence-corrected chi connectivity index (χ3v) is 4.87. The SMILES string of the molecule is CSCC[C@H](NC(=O)c1ccccc1Cl)C(=O)N(C)Cc1ccc(C)o1. The zero-order valence-corrected chi connectivity index (χ0v) is 16.7. The summed E-state index contributed by atoms with van der Waals surface area (Å²) in [5.74, 6) is 1.75. The van der Waals surface area contributed by atoms with Gasteiger partial charge in [-0.2, -0.15) is 11.8 Å². The van der Waals surface area contributed by atoms with E-state index in [-0.39, 0.29) is 11.8 Å². The molecule has 0 saturated heterocycles. The predicted octanol–water partition coefficient (Wildman–Crippen LogP) is 3.75. The minimum atomic E-state index is -0.618. The van der Waals surface area contributed by atoms with Gasteiger partial charge in [0.2, 0.25) is 5.91 Å². The lowest BCUT2D eigenvalue weighted by Gasteiger charge is -2.24. The standard InChI is InChI=1S/C19H23ClN2O3S/c1-13-8-9-14(25-13)12-22(2)19(24)17(10-11-26-3)21-18(23)15-6-4-5-7-16(15)20/h4-9,17H,10-12H2,1-3H3,(H,21,23)/t17-/m0/s1. The highest BCUT2D eigenvalue weighted by Gasteiger charge is 2.25. The van der Waals surface area contributed by atoms with Gasteiger partial charge in [0, 0.05) is 7.05 Å². The van der Waals surface area contributed by atoms with Crippen LogP contribution < -0.4 is 5.32 Å². The van der Waals surface area contributed by atoms with Gasteiger partial charge in [0.1, 0.15) is 17.6 Å². The van der Waals surface area contributed by atoms with E-state index in [0.29, 0.717) is 29.3 Å². The second-order valence-corrected chi connectivity index (χ2v) is 7.39. The molecule has 1 atom stereocenters. The van der Waals surface area contributed by atoms with E-state index in [1.165, 1.54) is 0 Å². The van der Waals surface area contributed by atoms with Gasteiger partial charge in [-0.25, -0.2) is 0 Å². The quantitative estimate of drug-likeness (QED) is 0.740. The monoisotopic (exact) mass is 394 g/mol. The smallest absolute Gasteiger partial charge is 0.253 e. The molecular weight excluding hydrogens is 372 g/mol. The number of hydrogen-bond acceptors (Lipinski definition) is 4. The van der Waals surface area contributed by atoms with Gasteiger partial charge in [-0.05, 0) is 49.6 Å². The number of nitrogens with zero attached hydrogens (tertiary/aromatic N) is 1. The van der Waals surface area contributed by atoms with E-state index < -0.39 is 6.04 Å². The molecule has 0 bridgehead atoms. The number of likely N-dealkylation sites (N-methyl/N-ethyl adjacent to an activating group) is 1. The first-order chi connectivity index (χ1) is 12.4. The molecule has 2 rings (SSSR count). The first-order valence-corrected chi connectivity index (χ1v) is 10.0. The van der Waals surface area contributed by atoms with Crippen molar-refractivity contribution in [3.05, 3.63) is 58.5 Å². The van der Waals surface area contributed by atoms with E-state index in [0.717, 1.165) is 11.5 Å². The fraction of sp³-hybridized carbons (Fsp3) is 0.368. The molecule has 26 heavy (non-hydrogen) atoms. The molecule has 1 aromatic carbocycles. The van der Waals surface area contributed by atoms with Crippen LogP contribution in [-0.4, -0.2) is 41.8 Å². The van der Waals surface area contributed by atoms with Gasteiger partial charge < -0.3 is 14.6 Å². The summed E-state index contributed by atoms with van der Waals surface area (Å²) in [5.41, 5.74) is 0.362. The highest BCUT2D eigenvalue weighted by atomic mass is 35.5. The van der Waals surface area contributed by atoms with E-state index in [4.69, 9.17) is 16.0 Å². The molecule has 0 aliphatic rings. The highest BCUT2D eigenvalue weighted by Crippen LogP contribution is 2.16. The van der Waals surface area contributed by atoms with Gasteiger partial charge in [-0.1, -0.05) is 23.7 Å². The van der Waals surface area contributed by atoms with E-state index in [1.807, 2.05) is 25.3 Å². The Labute approximate surface area is 163 Å². The summed E-state index contributed by atoms with van der Waals surface area (Å²) in [5, 5.41) is 3.18. The predicted molar refractivity (Wildman–Crippen MR) is 106 cm³/mol. The van der Waals surface area contributed by atoms with Crippen LogP contribution in [0, 0.1) is 6.92 Å². The van der Waals surface area contributed by atoms with Crippen LogP contribution in [0.15, 0.2) is 40.8 Å². The second kappa shape index (κ2) is 9.69. The van der Waals surface area contributed by atoms with Gasteiger partial charge >= 0.3 is 0 Å². The molecule has 1 heterocycles. The van der Waals surface area contributed by atoms with Gasteiger partial charge in [0.15, 0.2) is 0 Å². The van der Waals surface area contributed by atoms with Crippen molar-refractivity contribution >= 4 is 35.2 Å². The molecule has 2 amide bonds. The summed E-state index contributed by atoms with van der Waals surface area (Å²) in [4.78, 5) is 26.9. The molecule has 0 aliphatic heterocycles. The van der Waals surface area contributed by atoms with Gasteiger partial charge in [-0.15, -0.1) is 0 Å². The van der Waals surface area contributed by atoms with Crippen LogP contribution in [0.5, 0.6) is 0 Å². The average Bonchev–Trinajstić information content (AvgIpc) is 3.02. The average molecular weight is 395 g/mol. The van der Waals surface area contributed by atoms with Gasteiger partial charge in [0.25, 0.3) is 5.91 Å². The van der Waals surface area contributed by atoms with Crippen molar-refractivity contribution in [1.29, 1.82) is 0 Å². The van der Waals surface area contributed by atoms with Crippen molar-refractivity contribution in [3.8, 4) is 0 Å². The molecule has 140 valence electrons. The maximum atomic E-state index is 12.8. The number of hydrogen-bond donors (Lipinski definition) is 1. The maximum Gasteiger partial charge on any atom is 0.253 e. The molecule has 1 N–H and O–H groups in total. The number of benzene rings is 1. The Kier molecular flexibility index (Phi) is 7.60. The first-order valence-electron chi connectivity index (χ1n) is 8.27. The molecule has 1 aromatic heterocycles. The minimum absolute atomic E-state index is 0.159. The van der Waals surface area contributed by atoms with Crippen molar-refractivity contribution in [2.24, 2.45) is 0 Å². The summed E-state index contributed by atoms with van der Waals surface area (Å²) in [6, 6.07) is 9.88. The second-order valence-electron chi connectivity index (χ2n) is 5.99. The fourth-order valence-corrected chi connectivity index (χ4v) is 3.22. The number of nitrogens with one attached hydrogen (secondary N) is 1. The number of thioether (sulfide) groups is 1. The number of furan rings is 1. The van der Waals surface area contributed by atoms with Crippen molar-refractivity contribution < 1.29 is 14.0 Å². The molecule has 5 nitrogen and oxygen atoms in total. The maximum absolute atomic E-state index is 12.8. The number of amides is 2. The molecule has 0 fully saturated rings. The lowest BCUT2D eigenvalue weighted by molar-refractivity contribution is -0.132. The highest BCUT2D eigenvalue weighted by molar-refractivity contribution is 7.98. The normalized spacial score (nSPS) is 11.8. The lowest BCUT2D eigenvalue weighted by atomic mass is 10.1. The molecule has 0 saturated carbocycles. The summed E-state index contributed by atoms with van der Waals surface area (Å²) in [6.07, 6.45) is 2.50. The topological polar surface area (TPSA) is 62.6 Å². The van der Waals surface area contributed by atoms with E-state index in [2.05, 4.69) is 5.32 Å². The van der Waals surface area contributed by atoms with Crippen LogP contribution in [0.4, 0.5) is 0 Å². The first kappa shape index (κ1) is 20.4. The van der Waals surface area contributed by atoms with Crippen molar-refractivity contribution in [2.45, 2.75) is 25.9 Å². The summed E-state index contributed by atoms with van der Waals surface area (Å²) in [7, 11) is 1.70. The lowest BCUT2D eigenvalue weighted by Crippen LogP contribution is -2.47. The summed E-state index contributed by atoms with van der Waals surface area (Å²) < 4.78 is 5.53. The third kappa shape index (κ3) is 5.54. The van der Waals surface area contributed by atoms with Crippen LogP contribution in [0.2, 0.25) is 5.02 Å². The third-order valence-electron chi connectivity index (χ3n) is 3.90. The molecule has 7 heteroatoms. The largest absolute Gasteiger partial charge is 0.464 e. The Morgan fingerprint density at radius 1 is 1.27 bits per heavy atom. The van der Waals surface area contributed by atoms with E-state index in [1.54, 1.807) is 48.0 Å². The summed E-state index contributed by atoms with van der Waals surface area (Å²) in [6.45, 7) is 2.21. The Morgan fingerprint density at radius 3 is 2.62 bits per heavy atom. The minimum Gasteiger partial charge on any atom is -0.464 e. The zero-order valence-electron chi connectivity index (χ0n) is 15.1. The van der Waals surface area contributed by atoms with Crippen LogP contribution >= 0.6 is 23.4 Å². The van der Waals surface area contributed by atoms with Crippen molar-refractivity contribution in [3.63, 3.8) is 0 Å². The number of halogens is 1. The molecule has 0 aliphatic carbocycles. The van der Waals surface area contributed by atoms with Crippen molar-refractivity contribution in [2.75, 3.05) is 19.1 Å². The van der Waals surface area contributed by atoms with Crippen molar-refractivity contribution in [1.82, 2.24) is 10.2 Å². The fourth-order valence-electron chi connectivity index (χ4n) is 2.52. The molecule has 2 aromatic rings. The van der Waals surface area contributed by atoms with Crippen LogP contribution in [-0.2, 0) is 11.3 Å². The van der Waals surface area contributed by atoms with Gasteiger partial charge in [-0.3, -0.25) is 9.59 Å². The zero-order chi connectivity index (χ0) is 19.1.